The first-order chi connectivity index (χ1) is 25.6. The van der Waals surface area contributed by atoms with Crippen LogP contribution in [0.5, 0.6) is 0 Å². The van der Waals surface area contributed by atoms with Crippen molar-refractivity contribution in [3.05, 3.63) is 81.7 Å². The third kappa shape index (κ3) is 9.05. The number of ether oxygens (including phenoxy) is 4. The van der Waals surface area contributed by atoms with E-state index < -0.39 is 73.6 Å². The van der Waals surface area contributed by atoms with Gasteiger partial charge < -0.3 is 34.9 Å². The Hall–Kier alpha value is -3.98. The van der Waals surface area contributed by atoms with Gasteiger partial charge in [0.1, 0.15) is 42.5 Å². The van der Waals surface area contributed by atoms with Crippen LogP contribution in [-0.2, 0) is 32.6 Å². The maximum Gasteiger partial charge on any atom is 0.389 e. The van der Waals surface area contributed by atoms with Gasteiger partial charge in [0.05, 0.1) is 37.8 Å². The molecule has 0 amide bonds. The fourth-order valence-corrected chi connectivity index (χ4v) is 9.57. The molecule has 1 aromatic carbocycles. The smallest absolute Gasteiger partial charge is 0.389 e. The molecular weight excluding hydrogens is 737 g/mol. The molecule has 2 saturated heterocycles. The molecule has 5 heterocycles. The second kappa shape index (κ2) is 17.4. The minimum Gasteiger partial charge on any atom is -0.462 e. The highest BCUT2D eigenvalue weighted by molar-refractivity contribution is 8.55. The fraction of sp³-hybridized carbons (Fsp3) is 0.500. The van der Waals surface area contributed by atoms with E-state index in [4.69, 9.17) is 33.7 Å². The van der Waals surface area contributed by atoms with Crippen molar-refractivity contribution in [1.29, 1.82) is 0 Å². The van der Waals surface area contributed by atoms with Crippen molar-refractivity contribution in [1.82, 2.24) is 29.1 Å². The van der Waals surface area contributed by atoms with E-state index >= 15 is 0 Å². The molecule has 2 aliphatic heterocycles. The number of hydrogen-bond acceptors (Lipinski definition) is 17. The lowest BCUT2D eigenvalue weighted by atomic mass is 10.1. The highest BCUT2D eigenvalue weighted by atomic mass is 32.7. The molecule has 2 aliphatic rings. The van der Waals surface area contributed by atoms with Gasteiger partial charge in [-0.3, -0.25) is 28.0 Å². The number of hydrogen-bond donors (Lipinski definition) is 4. The zero-order valence-corrected chi connectivity index (χ0v) is 30.3. The molecule has 19 nitrogen and oxygen atoms in total. The first-order valence-electron chi connectivity index (χ1n) is 16.8. The lowest BCUT2D eigenvalue weighted by Gasteiger charge is -2.28. The molecule has 4 unspecified atom stereocenters. The largest absolute Gasteiger partial charge is 0.462 e. The van der Waals surface area contributed by atoms with Crippen LogP contribution >= 0.6 is 18.2 Å². The number of aliphatic hydroxyl groups is 2. The summed E-state index contributed by atoms with van der Waals surface area (Å²) < 4.78 is 52.3. The second-order valence-electron chi connectivity index (χ2n) is 12.2. The van der Waals surface area contributed by atoms with Crippen molar-refractivity contribution in [2.45, 2.75) is 68.7 Å². The number of nitrogens with one attached hydrogen (secondary N) is 1. The molecule has 286 valence electrons. The van der Waals surface area contributed by atoms with E-state index in [9.17, 15) is 29.2 Å². The van der Waals surface area contributed by atoms with E-state index in [0.717, 1.165) is 22.0 Å². The Morgan fingerprint density at radius 2 is 1.89 bits per heavy atom. The molecule has 53 heavy (non-hydrogen) atoms. The molecule has 0 aliphatic carbocycles. The number of aliphatic hydroxyl groups excluding tert-OH is 2. The van der Waals surface area contributed by atoms with Crippen LogP contribution in [0.4, 0.5) is 5.82 Å². The Labute approximate surface area is 306 Å². The third-order valence-corrected chi connectivity index (χ3v) is 12.5. The third-order valence-electron chi connectivity index (χ3n) is 8.69. The second-order valence-corrected chi connectivity index (χ2v) is 16.3. The molecule has 3 aromatic heterocycles. The SMILES string of the molecule is CO[C@@H]1C(n2ccc(=O)[nH]c2=O)OC(CO)[C@@H]1OP(=O)(OCC1O[C@@H](n2cnc3c(N)ncnc32)C[C@H]1O)SCCCCCOC(=O)c1ccccc1. The number of aromatic nitrogens is 6. The number of fused-ring (bicyclic) bond motifs is 1. The number of unbranched alkanes of at least 4 members (excludes halogenated alkanes) is 2. The van der Waals surface area contributed by atoms with Gasteiger partial charge >= 0.3 is 18.5 Å². The highest BCUT2D eigenvalue weighted by Gasteiger charge is 2.50. The van der Waals surface area contributed by atoms with Crippen molar-refractivity contribution in [3.8, 4) is 0 Å². The standard InChI is InChI=1S/C32H40N7O12PS/c1-46-27-26(21(15-40)50-30(27)38-11-10-23(42)37-32(38)44)51-52(45,53-13-7-3-6-12-47-31(43)19-8-4-2-5-9-19)48-16-22-20(41)14-24(49-22)39-18-36-25-28(33)34-17-35-29(25)39/h2,4-5,8-11,17-18,20-22,24,26-27,30,40-41H,3,6-7,12-16H2,1H3,(H2,33,34,35)(H,37,42,44)/t20-,21?,22?,24-,26+,27+,30?,52?/m1/s1. The zero-order valence-electron chi connectivity index (χ0n) is 28.5. The molecule has 8 atom stereocenters. The molecule has 0 saturated carbocycles. The van der Waals surface area contributed by atoms with Gasteiger partial charge in [-0.1, -0.05) is 18.2 Å². The van der Waals surface area contributed by atoms with Crippen molar-refractivity contribution in [2.24, 2.45) is 0 Å². The van der Waals surface area contributed by atoms with Crippen molar-refractivity contribution in [3.63, 3.8) is 0 Å². The van der Waals surface area contributed by atoms with Crippen LogP contribution < -0.4 is 17.0 Å². The van der Waals surface area contributed by atoms with E-state index in [1.54, 1.807) is 34.9 Å². The average molecular weight is 778 g/mol. The first-order valence-corrected chi connectivity index (χ1v) is 19.9. The van der Waals surface area contributed by atoms with E-state index in [1.165, 1.54) is 26.0 Å². The number of carbonyl (C=O) groups excluding carboxylic acids is 1. The summed E-state index contributed by atoms with van der Waals surface area (Å²) in [5, 5.41) is 21.2. The first kappa shape index (κ1) is 38.7. The number of imidazole rings is 1. The molecule has 0 bridgehead atoms. The number of aromatic amines is 1. The molecule has 0 radical (unpaired) electrons. The Bertz CT molecular complexity index is 2020. The minimum absolute atomic E-state index is 0.140. The molecule has 0 spiro atoms. The minimum atomic E-state index is -4.16. The van der Waals surface area contributed by atoms with Gasteiger partial charge in [-0.05, 0) is 42.8 Å². The zero-order chi connectivity index (χ0) is 37.5. The molecule has 2 fully saturated rings. The molecule has 21 heteroatoms. The Morgan fingerprint density at radius 1 is 1.08 bits per heavy atom. The van der Waals surface area contributed by atoms with Crippen LogP contribution in [0.3, 0.4) is 0 Å². The fourth-order valence-electron chi connectivity index (χ4n) is 5.99. The summed E-state index contributed by atoms with van der Waals surface area (Å²) in [5.74, 6) is 0.0611. The lowest BCUT2D eigenvalue weighted by Crippen LogP contribution is -2.39. The van der Waals surface area contributed by atoms with Crippen molar-refractivity contribution >= 4 is 41.1 Å². The van der Waals surface area contributed by atoms with Crippen molar-refractivity contribution in [2.75, 3.05) is 38.4 Å². The Balaban J connectivity index is 1.12. The van der Waals surface area contributed by atoms with Crippen molar-refractivity contribution < 1.29 is 47.6 Å². The number of rotatable bonds is 17. The normalized spacial score (nSPS) is 25.5. The van der Waals surface area contributed by atoms with Gasteiger partial charge in [-0.15, -0.1) is 0 Å². The van der Waals surface area contributed by atoms with E-state index in [0.29, 0.717) is 41.7 Å². The Morgan fingerprint density at radius 3 is 2.64 bits per heavy atom. The number of nitrogens with zero attached hydrogens (tertiary/aromatic N) is 5. The van der Waals surface area contributed by atoms with E-state index in [2.05, 4.69) is 19.9 Å². The number of carbonyl (C=O) groups is 1. The maximum absolute atomic E-state index is 14.5. The maximum atomic E-state index is 14.5. The number of anilines is 1. The number of nitrogen functional groups attached to an aromatic ring is 1. The topological polar surface area (TPSA) is 254 Å². The summed E-state index contributed by atoms with van der Waals surface area (Å²) in [6, 6.07) is 9.77. The average Bonchev–Trinajstić information content (AvgIpc) is 3.85. The van der Waals surface area contributed by atoms with Crippen LogP contribution in [0.1, 0.15) is 48.5 Å². The van der Waals surface area contributed by atoms with E-state index in [1.807, 2.05) is 0 Å². The summed E-state index contributed by atoms with van der Waals surface area (Å²) in [6.45, 7) is -4.90. The molecule has 6 rings (SSSR count). The number of methoxy groups -OCH3 is 1. The molecular formula is C32H40N7O12PS. The quantitative estimate of drug-likeness (QED) is 0.0677. The van der Waals surface area contributed by atoms with Gasteiger partial charge in [0.2, 0.25) is 0 Å². The molecule has 4 aromatic rings. The number of H-pyrrole nitrogens is 1. The monoisotopic (exact) mass is 777 g/mol. The number of nitrogens with two attached hydrogens (primary N) is 1. The van der Waals surface area contributed by atoms with Crippen LogP contribution in [-0.4, -0.2) is 108 Å². The van der Waals surface area contributed by atoms with Crippen LogP contribution in [0.25, 0.3) is 11.2 Å². The number of esters is 1. The summed E-state index contributed by atoms with van der Waals surface area (Å²) >= 11 is 0.897. The number of benzene rings is 1. The summed E-state index contributed by atoms with van der Waals surface area (Å²) in [5.41, 5.74) is 5.76. The predicted molar refractivity (Wildman–Crippen MR) is 189 cm³/mol. The van der Waals surface area contributed by atoms with E-state index in [-0.39, 0.29) is 25.5 Å². The lowest BCUT2D eigenvalue weighted by molar-refractivity contribution is -0.0625. The highest BCUT2D eigenvalue weighted by Crippen LogP contribution is 2.63. The summed E-state index contributed by atoms with van der Waals surface area (Å²) in [7, 11) is 1.33. The van der Waals surface area contributed by atoms with Crippen LogP contribution in [0.2, 0.25) is 0 Å². The van der Waals surface area contributed by atoms with Gasteiger partial charge in [0, 0.05) is 31.5 Å². The summed E-state index contributed by atoms with van der Waals surface area (Å²) in [4.78, 5) is 51.1. The van der Waals surface area contributed by atoms with Gasteiger partial charge in [-0.2, -0.15) is 0 Å². The van der Waals surface area contributed by atoms with Gasteiger partial charge in [-0.25, -0.2) is 29.1 Å². The predicted octanol–water partition coefficient (Wildman–Crippen LogP) is 1.78. The molecule has 5 N–H and O–H groups in total. The van der Waals surface area contributed by atoms with Gasteiger partial charge in [0.25, 0.3) is 5.56 Å². The summed E-state index contributed by atoms with van der Waals surface area (Å²) in [6.07, 6.45) is -1.36. The Kier molecular flexibility index (Phi) is 12.7. The van der Waals surface area contributed by atoms with Crippen LogP contribution in [0, 0.1) is 0 Å². The van der Waals surface area contributed by atoms with Gasteiger partial charge in [0.15, 0.2) is 17.7 Å². The van der Waals surface area contributed by atoms with Crippen LogP contribution in [0.15, 0.2) is 64.8 Å².